The number of halogens is 2. The van der Waals surface area contributed by atoms with Gasteiger partial charge in [0.2, 0.25) is 0 Å². The summed E-state index contributed by atoms with van der Waals surface area (Å²) in [7, 11) is 1.93. The van der Waals surface area contributed by atoms with E-state index in [4.69, 9.17) is 4.74 Å². The van der Waals surface area contributed by atoms with Gasteiger partial charge in [-0.1, -0.05) is 30.3 Å². The molecule has 0 amide bonds. The topological polar surface area (TPSA) is 21.3 Å². The third kappa shape index (κ3) is 3.89. The third-order valence-corrected chi connectivity index (χ3v) is 5.02. The van der Waals surface area contributed by atoms with Gasteiger partial charge in [-0.2, -0.15) is 0 Å². The number of rotatable bonds is 6. The maximum Gasteiger partial charge on any atom is 0.141 e. The standard InChI is InChI=1S/C19H20FNOS.ClH/c1-13-12-23-19-15(20)8-9-17(18(13)19)22-16(10-11-21-2)14-6-4-3-5-7-14;/h3-9,12,16,21H,10-11H2,1-2H3;1H/t16-;/m1./s1. The van der Waals surface area contributed by atoms with Gasteiger partial charge in [-0.3, -0.25) is 0 Å². The van der Waals surface area contributed by atoms with Crippen LogP contribution < -0.4 is 10.1 Å². The van der Waals surface area contributed by atoms with Crippen molar-refractivity contribution in [3.63, 3.8) is 0 Å². The predicted octanol–water partition coefficient (Wildman–Crippen LogP) is 5.50. The second kappa shape index (κ2) is 8.47. The Morgan fingerprint density at radius 2 is 1.92 bits per heavy atom. The lowest BCUT2D eigenvalue weighted by molar-refractivity contribution is 0.197. The summed E-state index contributed by atoms with van der Waals surface area (Å²) in [6.45, 7) is 2.85. The van der Waals surface area contributed by atoms with E-state index in [1.54, 1.807) is 6.07 Å². The van der Waals surface area contributed by atoms with E-state index in [2.05, 4.69) is 17.4 Å². The fourth-order valence-corrected chi connectivity index (χ4v) is 3.69. The van der Waals surface area contributed by atoms with Crippen molar-refractivity contribution in [2.75, 3.05) is 13.6 Å². The van der Waals surface area contributed by atoms with E-state index >= 15 is 0 Å². The summed E-state index contributed by atoms with van der Waals surface area (Å²) in [5, 5.41) is 6.04. The second-order valence-corrected chi connectivity index (χ2v) is 6.46. The molecule has 1 N–H and O–H groups in total. The summed E-state index contributed by atoms with van der Waals surface area (Å²) in [5.41, 5.74) is 2.19. The molecule has 0 unspecified atom stereocenters. The average molecular weight is 366 g/mol. The summed E-state index contributed by atoms with van der Waals surface area (Å²) in [6, 6.07) is 13.4. The molecule has 128 valence electrons. The van der Waals surface area contributed by atoms with Gasteiger partial charge in [-0.25, -0.2) is 4.39 Å². The van der Waals surface area contributed by atoms with Crippen molar-refractivity contribution in [2.24, 2.45) is 0 Å². The number of nitrogens with one attached hydrogen (secondary N) is 1. The van der Waals surface area contributed by atoms with Gasteiger partial charge in [0.25, 0.3) is 0 Å². The molecule has 0 saturated carbocycles. The Bertz CT molecular complexity index is 791. The van der Waals surface area contributed by atoms with E-state index in [9.17, 15) is 4.39 Å². The average Bonchev–Trinajstić information content (AvgIpc) is 2.97. The van der Waals surface area contributed by atoms with E-state index in [1.165, 1.54) is 17.4 Å². The van der Waals surface area contributed by atoms with Gasteiger partial charge >= 0.3 is 0 Å². The van der Waals surface area contributed by atoms with E-state index < -0.39 is 0 Å². The van der Waals surface area contributed by atoms with Gasteiger partial charge in [0.1, 0.15) is 17.7 Å². The van der Waals surface area contributed by atoms with Crippen molar-refractivity contribution in [3.8, 4) is 5.75 Å². The molecule has 1 atom stereocenters. The normalized spacial score (nSPS) is 12.0. The fraction of sp³-hybridized carbons (Fsp3) is 0.263. The fourth-order valence-electron chi connectivity index (χ4n) is 2.72. The van der Waals surface area contributed by atoms with Gasteiger partial charge in [0.15, 0.2) is 0 Å². The summed E-state index contributed by atoms with van der Waals surface area (Å²) < 4.78 is 21.0. The Hall–Kier alpha value is -1.62. The first kappa shape index (κ1) is 18.7. The molecule has 5 heteroatoms. The van der Waals surface area contributed by atoms with Crippen molar-refractivity contribution >= 4 is 33.8 Å². The number of ether oxygens (including phenoxy) is 1. The molecule has 0 aliphatic rings. The largest absolute Gasteiger partial charge is 0.485 e. The smallest absolute Gasteiger partial charge is 0.141 e. The summed E-state index contributed by atoms with van der Waals surface area (Å²) in [5.74, 6) is 0.571. The van der Waals surface area contributed by atoms with E-state index in [1.807, 2.05) is 37.6 Å². The zero-order valence-corrected chi connectivity index (χ0v) is 15.3. The maximum atomic E-state index is 14.0. The monoisotopic (exact) mass is 365 g/mol. The molecule has 0 bridgehead atoms. The van der Waals surface area contributed by atoms with Crippen molar-refractivity contribution in [1.82, 2.24) is 5.32 Å². The van der Waals surface area contributed by atoms with Crippen LogP contribution in [0.25, 0.3) is 10.1 Å². The van der Waals surface area contributed by atoms with E-state index in [-0.39, 0.29) is 24.3 Å². The van der Waals surface area contributed by atoms with Crippen LogP contribution in [0.1, 0.15) is 23.7 Å². The quantitative estimate of drug-likeness (QED) is 0.622. The summed E-state index contributed by atoms with van der Waals surface area (Å²) >= 11 is 1.43. The molecule has 0 spiro atoms. The first-order chi connectivity index (χ1) is 11.2. The Morgan fingerprint density at radius 1 is 1.17 bits per heavy atom. The molecule has 2 nitrogen and oxygen atoms in total. The zero-order chi connectivity index (χ0) is 16.2. The molecule has 1 heterocycles. The molecular formula is C19H21ClFNOS. The Balaban J connectivity index is 0.00000208. The Labute approximate surface area is 152 Å². The summed E-state index contributed by atoms with van der Waals surface area (Å²) in [6.07, 6.45) is 0.791. The van der Waals surface area contributed by atoms with Crippen molar-refractivity contribution in [3.05, 3.63) is 64.8 Å². The van der Waals surface area contributed by atoms with Gasteiger partial charge in [0, 0.05) is 11.8 Å². The zero-order valence-electron chi connectivity index (χ0n) is 13.7. The number of fused-ring (bicyclic) bond motifs is 1. The third-order valence-electron chi connectivity index (χ3n) is 3.92. The van der Waals surface area contributed by atoms with Crippen molar-refractivity contribution < 1.29 is 9.13 Å². The van der Waals surface area contributed by atoms with Crippen LogP contribution >= 0.6 is 23.7 Å². The summed E-state index contributed by atoms with van der Waals surface area (Å²) in [4.78, 5) is 0. The SMILES string of the molecule is CNCC[C@@H](Oc1ccc(F)c2scc(C)c12)c1ccccc1.Cl. The van der Waals surface area contributed by atoms with Crippen LogP contribution in [0.5, 0.6) is 5.75 Å². The van der Waals surface area contributed by atoms with Gasteiger partial charge in [-0.05, 0) is 49.2 Å². The van der Waals surface area contributed by atoms with E-state index in [0.717, 1.165) is 35.2 Å². The Kier molecular flexibility index (Phi) is 6.60. The van der Waals surface area contributed by atoms with Gasteiger partial charge < -0.3 is 10.1 Å². The molecule has 0 aliphatic heterocycles. The maximum absolute atomic E-state index is 14.0. The van der Waals surface area contributed by atoms with Crippen LogP contribution in [-0.2, 0) is 0 Å². The molecule has 1 aromatic heterocycles. The first-order valence-electron chi connectivity index (χ1n) is 7.73. The lowest BCUT2D eigenvalue weighted by Crippen LogP contribution is -2.16. The number of thiophene rings is 1. The molecule has 0 aliphatic carbocycles. The first-order valence-corrected chi connectivity index (χ1v) is 8.61. The lowest BCUT2D eigenvalue weighted by Gasteiger charge is -2.20. The minimum atomic E-state index is -0.183. The lowest BCUT2D eigenvalue weighted by atomic mass is 10.1. The molecule has 24 heavy (non-hydrogen) atoms. The highest BCUT2D eigenvalue weighted by molar-refractivity contribution is 7.17. The van der Waals surface area contributed by atoms with Crippen molar-refractivity contribution in [2.45, 2.75) is 19.4 Å². The molecule has 3 rings (SSSR count). The van der Waals surface area contributed by atoms with E-state index in [0.29, 0.717) is 4.70 Å². The number of benzene rings is 2. The highest BCUT2D eigenvalue weighted by Crippen LogP contribution is 2.37. The molecule has 0 saturated heterocycles. The predicted molar refractivity (Wildman–Crippen MR) is 102 cm³/mol. The Morgan fingerprint density at radius 3 is 2.62 bits per heavy atom. The van der Waals surface area contributed by atoms with Crippen LogP contribution in [-0.4, -0.2) is 13.6 Å². The number of hydrogen-bond acceptors (Lipinski definition) is 3. The van der Waals surface area contributed by atoms with Crippen LogP contribution in [0, 0.1) is 12.7 Å². The van der Waals surface area contributed by atoms with Gasteiger partial charge in [0.05, 0.1) is 4.70 Å². The van der Waals surface area contributed by atoms with Crippen LogP contribution in [0.15, 0.2) is 47.8 Å². The highest BCUT2D eigenvalue weighted by Gasteiger charge is 2.17. The number of aryl methyl sites for hydroxylation is 1. The molecule has 2 aromatic carbocycles. The molecule has 0 fully saturated rings. The van der Waals surface area contributed by atoms with Crippen LogP contribution in [0.3, 0.4) is 0 Å². The van der Waals surface area contributed by atoms with Gasteiger partial charge in [-0.15, -0.1) is 23.7 Å². The molecule has 3 aromatic rings. The second-order valence-electron chi connectivity index (χ2n) is 5.58. The molecular weight excluding hydrogens is 345 g/mol. The molecule has 0 radical (unpaired) electrons. The van der Waals surface area contributed by atoms with Crippen LogP contribution in [0.4, 0.5) is 4.39 Å². The highest BCUT2D eigenvalue weighted by atomic mass is 35.5. The van der Waals surface area contributed by atoms with Crippen LogP contribution in [0.2, 0.25) is 0 Å². The van der Waals surface area contributed by atoms with Crippen molar-refractivity contribution in [1.29, 1.82) is 0 Å². The number of hydrogen-bond donors (Lipinski definition) is 1. The minimum Gasteiger partial charge on any atom is -0.485 e. The minimum absolute atomic E-state index is 0.